The molecule has 8 nitrogen and oxygen atoms in total. The predicted molar refractivity (Wildman–Crippen MR) is 140 cm³/mol. The number of aromatic nitrogens is 2. The number of benzene rings is 2. The molecule has 0 aliphatic carbocycles. The van der Waals surface area contributed by atoms with Gasteiger partial charge in [0.1, 0.15) is 5.75 Å². The zero-order valence-electron chi connectivity index (χ0n) is 21.0. The monoisotopic (exact) mass is 518 g/mol. The lowest BCUT2D eigenvalue weighted by Crippen LogP contribution is -2.45. The number of hydrogen-bond donors (Lipinski definition) is 0. The van der Waals surface area contributed by atoms with Crippen LogP contribution in [0.2, 0.25) is 0 Å². The highest BCUT2D eigenvalue weighted by molar-refractivity contribution is 7.89. The molecule has 10 heteroatoms. The third kappa shape index (κ3) is 4.90. The first kappa shape index (κ1) is 25.8. The van der Waals surface area contributed by atoms with Crippen molar-refractivity contribution in [3.63, 3.8) is 0 Å². The molecule has 190 valence electrons. The summed E-state index contributed by atoms with van der Waals surface area (Å²) in [6.45, 7) is 10.7. The van der Waals surface area contributed by atoms with Gasteiger partial charge in [-0.05, 0) is 56.4 Å². The van der Waals surface area contributed by atoms with Gasteiger partial charge >= 0.3 is 0 Å². The van der Waals surface area contributed by atoms with E-state index in [-0.39, 0.29) is 17.1 Å². The third-order valence-corrected chi connectivity index (χ3v) is 8.86. The van der Waals surface area contributed by atoms with Crippen molar-refractivity contribution in [2.45, 2.75) is 51.5 Å². The smallest absolute Gasteiger partial charge is 0.243 e. The van der Waals surface area contributed by atoms with Crippen LogP contribution in [0.3, 0.4) is 0 Å². The minimum atomic E-state index is -3.62. The largest absolute Gasteiger partial charge is 0.495 e. The molecule has 0 bridgehead atoms. The Bertz CT molecular complexity index is 1350. The van der Waals surface area contributed by atoms with Gasteiger partial charge in [0.25, 0.3) is 0 Å². The SMILES string of the molecule is CCN(CC)S(=O)(=O)c1ccc2c(c1)n(CN1CC(C)OC(C)C1)c(=S)n2-c1ccccc1OC. The Labute approximate surface area is 212 Å². The lowest BCUT2D eigenvalue weighted by molar-refractivity contribution is -0.0763. The van der Waals surface area contributed by atoms with E-state index < -0.39 is 10.0 Å². The molecule has 0 spiro atoms. The first-order chi connectivity index (χ1) is 16.7. The highest BCUT2D eigenvalue weighted by Crippen LogP contribution is 2.31. The number of fused-ring (bicyclic) bond motifs is 1. The molecule has 2 heterocycles. The van der Waals surface area contributed by atoms with Crippen LogP contribution >= 0.6 is 12.2 Å². The van der Waals surface area contributed by atoms with Crippen LogP contribution in [0.5, 0.6) is 5.75 Å². The van der Waals surface area contributed by atoms with Crippen LogP contribution < -0.4 is 4.74 Å². The van der Waals surface area contributed by atoms with Gasteiger partial charge in [0.05, 0.1) is 47.6 Å². The van der Waals surface area contributed by atoms with Gasteiger partial charge in [0, 0.05) is 26.2 Å². The molecular formula is C25H34N4O4S2. The second-order valence-electron chi connectivity index (χ2n) is 8.89. The quantitative estimate of drug-likeness (QED) is 0.415. The molecule has 1 aliphatic rings. The van der Waals surface area contributed by atoms with Crippen LogP contribution in [0.25, 0.3) is 16.7 Å². The van der Waals surface area contributed by atoms with Crippen molar-refractivity contribution in [2.75, 3.05) is 33.3 Å². The molecule has 0 amide bonds. The summed E-state index contributed by atoms with van der Waals surface area (Å²) in [6, 6.07) is 13.0. The van der Waals surface area contributed by atoms with Gasteiger partial charge in [0.15, 0.2) is 4.77 Å². The number of methoxy groups -OCH3 is 1. The third-order valence-electron chi connectivity index (χ3n) is 6.41. The number of hydrogen-bond acceptors (Lipinski definition) is 6. The number of nitrogens with zero attached hydrogens (tertiary/aromatic N) is 4. The van der Waals surface area contributed by atoms with Gasteiger partial charge < -0.3 is 14.0 Å². The first-order valence-corrected chi connectivity index (χ1v) is 13.8. The Morgan fingerprint density at radius 1 is 1.06 bits per heavy atom. The maximum atomic E-state index is 13.3. The fraction of sp³-hybridized carbons (Fsp3) is 0.480. The highest BCUT2D eigenvalue weighted by atomic mass is 32.2. The fourth-order valence-corrected chi connectivity index (χ4v) is 6.72. The molecule has 0 radical (unpaired) electrons. The van der Waals surface area contributed by atoms with Crippen molar-refractivity contribution in [2.24, 2.45) is 0 Å². The van der Waals surface area contributed by atoms with Crippen molar-refractivity contribution in [3.05, 3.63) is 47.2 Å². The van der Waals surface area contributed by atoms with Crippen LogP contribution in [0.4, 0.5) is 0 Å². The van der Waals surface area contributed by atoms with E-state index in [0.29, 0.717) is 30.3 Å². The second-order valence-corrected chi connectivity index (χ2v) is 11.2. The van der Waals surface area contributed by atoms with Crippen molar-refractivity contribution in [1.29, 1.82) is 0 Å². The molecule has 1 saturated heterocycles. The molecule has 1 aliphatic heterocycles. The molecule has 1 aromatic heterocycles. The molecule has 2 atom stereocenters. The number of rotatable bonds is 8. The maximum Gasteiger partial charge on any atom is 0.243 e. The van der Waals surface area contributed by atoms with Crippen molar-refractivity contribution < 1.29 is 17.9 Å². The fourth-order valence-electron chi connectivity index (χ4n) is 4.89. The minimum absolute atomic E-state index is 0.106. The Morgan fingerprint density at radius 3 is 2.34 bits per heavy atom. The molecule has 35 heavy (non-hydrogen) atoms. The average molecular weight is 519 g/mol. The van der Waals surface area contributed by atoms with Gasteiger partial charge in [0.2, 0.25) is 10.0 Å². The molecule has 0 saturated carbocycles. The van der Waals surface area contributed by atoms with E-state index in [4.69, 9.17) is 21.7 Å². The number of imidazole rings is 1. The molecular weight excluding hydrogens is 484 g/mol. The van der Waals surface area contributed by atoms with Crippen molar-refractivity contribution >= 4 is 33.3 Å². The zero-order valence-corrected chi connectivity index (χ0v) is 22.6. The number of sulfonamides is 1. The van der Waals surface area contributed by atoms with Crippen molar-refractivity contribution in [3.8, 4) is 11.4 Å². The van der Waals surface area contributed by atoms with E-state index in [1.54, 1.807) is 19.2 Å². The Kier molecular flexibility index (Phi) is 7.68. The molecule has 2 aromatic carbocycles. The first-order valence-electron chi connectivity index (χ1n) is 12.0. The summed E-state index contributed by atoms with van der Waals surface area (Å²) in [5.74, 6) is 0.691. The van der Waals surface area contributed by atoms with E-state index in [0.717, 1.165) is 29.8 Å². The lowest BCUT2D eigenvalue weighted by atomic mass is 10.2. The summed E-state index contributed by atoms with van der Waals surface area (Å²) in [6.07, 6.45) is 0.211. The highest BCUT2D eigenvalue weighted by Gasteiger charge is 2.26. The van der Waals surface area contributed by atoms with Crippen molar-refractivity contribution in [1.82, 2.24) is 18.3 Å². The second kappa shape index (κ2) is 10.4. The summed E-state index contributed by atoms with van der Waals surface area (Å²) in [4.78, 5) is 2.56. The number of para-hydroxylation sites is 2. The van der Waals surface area contributed by atoms with Crippen LogP contribution in [0, 0.1) is 4.77 Å². The van der Waals surface area contributed by atoms with Gasteiger partial charge in [-0.25, -0.2) is 8.42 Å². The zero-order chi connectivity index (χ0) is 25.3. The van der Waals surface area contributed by atoms with Crippen LogP contribution in [0.15, 0.2) is 47.4 Å². The van der Waals surface area contributed by atoms with Gasteiger partial charge in [-0.3, -0.25) is 9.47 Å². The Balaban J connectivity index is 1.93. The summed E-state index contributed by atoms with van der Waals surface area (Å²) in [5.41, 5.74) is 2.40. The molecule has 2 unspecified atom stereocenters. The van der Waals surface area contributed by atoms with E-state index in [2.05, 4.69) is 18.7 Å². The van der Waals surface area contributed by atoms with Crippen LogP contribution in [0.1, 0.15) is 27.7 Å². The maximum absolute atomic E-state index is 13.3. The summed E-state index contributed by atoms with van der Waals surface area (Å²) in [7, 11) is -1.99. The Hall–Kier alpha value is -2.24. The lowest BCUT2D eigenvalue weighted by Gasteiger charge is -2.35. The van der Waals surface area contributed by atoms with E-state index in [1.165, 1.54) is 4.31 Å². The molecule has 1 fully saturated rings. The summed E-state index contributed by atoms with van der Waals surface area (Å²) in [5, 5.41) is 0. The Morgan fingerprint density at radius 2 is 1.71 bits per heavy atom. The van der Waals surface area contributed by atoms with Gasteiger partial charge in [-0.15, -0.1) is 0 Å². The summed E-state index contributed by atoms with van der Waals surface area (Å²) >= 11 is 6.00. The molecule has 4 rings (SSSR count). The van der Waals surface area contributed by atoms with E-state index in [1.807, 2.05) is 53.3 Å². The minimum Gasteiger partial charge on any atom is -0.495 e. The standard InChI is InChI=1S/C25H34N4O4S2/c1-6-27(7-2)35(30,31)20-12-13-21-23(14-20)28(17-26-15-18(3)33-19(4)16-26)25(34)29(21)22-10-8-9-11-24(22)32-5/h8-14,18-19H,6-7,15-17H2,1-5H3. The molecule has 3 aromatic rings. The molecule has 0 N–H and O–H groups in total. The van der Waals surface area contributed by atoms with Gasteiger partial charge in [-0.2, -0.15) is 4.31 Å². The van der Waals surface area contributed by atoms with E-state index in [9.17, 15) is 8.42 Å². The number of morpholine rings is 1. The average Bonchev–Trinajstić information content (AvgIpc) is 3.09. The number of ether oxygens (including phenoxy) is 2. The van der Waals surface area contributed by atoms with E-state index >= 15 is 0 Å². The predicted octanol–water partition coefficient (Wildman–Crippen LogP) is 4.27. The normalized spacial score (nSPS) is 19.5. The van der Waals surface area contributed by atoms with Crippen LogP contribution in [-0.4, -0.2) is 72.3 Å². The van der Waals surface area contributed by atoms with Gasteiger partial charge in [-0.1, -0.05) is 26.0 Å². The van der Waals surface area contributed by atoms with Crippen LogP contribution in [-0.2, 0) is 21.4 Å². The topological polar surface area (TPSA) is 68.9 Å². The summed E-state index contributed by atoms with van der Waals surface area (Å²) < 4.78 is 44.2.